The van der Waals surface area contributed by atoms with Crippen LogP contribution in [0.2, 0.25) is 0 Å². The van der Waals surface area contributed by atoms with E-state index in [1.807, 2.05) is 0 Å². The molecule has 4 aromatic rings. The smallest absolute Gasteiger partial charge is 0.387 e. The molecule has 1 unspecified atom stereocenters. The van der Waals surface area contributed by atoms with Gasteiger partial charge in [-0.2, -0.15) is 17.6 Å². The Hall–Kier alpha value is -3.86. The van der Waals surface area contributed by atoms with Gasteiger partial charge in [0.25, 0.3) is 0 Å². The molecule has 2 aromatic carbocycles. The van der Waals surface area contributed by atoms with Crippen molar-refractivity contribution in [2.24, 2.45) is 0 Å². The van der Waals surface area contributed by atoms with E-state index in [2.05, 4.69) is 19.4 Å². The monoisotopic (exact) mass is 520 g/mol. The number of nitrogens with zero attached hydrogens (tertiary/aromatic N) is 2. The Kier molecular flexibility index (Phi) is 7.89. The summed E-state index contributed by atoms with van der Waals surface area (Å²) in [5, 5.41) is 0.428. The van der Waals surface area contributed by atoms with Gasteiger partial charge >= 0.3 is 13.2 Å². The molecule has 4 rings (SSSR count). The second kappa shape index (κ2) is 11.3. The Morgan fingerprint density at radius 2 is 1.61 bits per heavy atom. The fourth-order valence-corrected chi connectivity index (χ4v) is 4.56. The Bertz CT molecular complexity index is 1330. The first-order valence-corrected chi connectivity index (χ1v) is 11.3. The second-order valence-corrected chi connectivity index (χ2v) is 8.51. The first-order valence-electron chi connectivity index (χ1n) is 10.5. The van der Waals surface area contributed by atoms with Crippen LogP contribution in [-0.2, 0) is 6.42 Å². The van der Waals surface area contributed by atoms with Crippen LogP contribution >= 0.6 is 11.3 Å². The minimum atomic E-state index is -3.27. The fraction of sp³-hybridized carbons (Fsp3) is 0.160. The predicted octanol–water partition coefficient (Wildman–Crippen LogP) is 6.49. The number of thiazole rings is 1. The van der Waals surface area contributed by atoms with Crippen LogP contribution in [0, 0.1) is 5.82 Å². The number of carbonyl (C=O) groups is 1. The van der Waals surface area contributed by atoms with Crippen molar-refractivity contribution in [2.75, 3.05) is 0 Å². The van der Waals surface area contributed by atoms with E-state index in [9.17, 15) is 26.7 Å². The minimum Gasteiger partial charge on any atom is -0.431 e. The van der Waals surface area contributed by atoms with E-state index in [0.29, 0.717) is 17.0 Å². The number of halogens is 5. The molecule has 0 aliphatic carbocycles. The number of aromatic nitrogens is 2. The van der Waals surface area contributed by atoms with Crippen molar-refractivity contribution in [3.05, 3.63) is 106 Å². The lowest BCUT2D eigenvalue weighted by Crippen LogP contribution is -2.10. The highest BCUT2D eigenvalue weighted by molar-refractivity contribution is 7.14. The molecule has 0 spiro atoms. The van der Waals surface area contributed by atoms with E-state index >= 15 is 0 Å². The summed E-state index contributed by atoms with van der Waals surface area (Å²) < 4.78 is 74.3. The van der Waals surface area contributed by atoms with Gasteiger partial charge in [0, 0.05) is 24.5 Å². The van der Waals surface area contributed by atoms with Gasteiger partial charge in [-0.25, -0.2) is 9.37 Å². The summed E-state index contributed by atoms with van der Waals surface area (Å²) in [6.45, 7) is -6.52. The standard InChI is InChI=1S/C25H17F5N2O3S/c26-18-4-2-1-3-16(18)22(33)21-13-32-23(36-21)17(11-14-7-9-31-10-8-14)15-5-6-19(34-24(27)28)20(12-15)35-25(29)30/h1-10,12-13,17,24-25H,11H2. The highest BCUT2D eigenvalue weighted by Crippen LogP contribution is 2.38. The largest absolute Gasteiger partial charge is 0.431 e. The minimum absolute atomic E-state index is 0.112. The van der Waals surface area contributed by atoms with Gasteiger partial charge in [-0.15, -0.1) is 11.3 Å². The third-order valence-corrected chi connectivity index (χ3v) is 6.27. The number of ketones is 1. The maximum Gasteiger partial charge on any atom is 0.387 e. The number of hydrogen-bond donors (Lipinski definition) is 0. The van der Waals surface area contributed by atoms with Gasteiger partial charge in [0.05, 0.1) is 10.4 Å². The first-order chi connectivity index (χ1) is 17.3. The van der Waals surface area contributed by atoms with Gasteiger partial charge in [0.15, 0.2) is 11.5 Å². The summed E-state index contributed by atoms with van der Waals surface area (Å²) in [5.74, 6) is -2.93. The van der Waals surface area contributed by atoms with E-state index < -0.39 is 42.2 Å². The van der Waals surface area contributed by atoms with Crippen molar-refractivity contribution >= 4 is 17.1 Å². The van der Waals surface area contributed by atoms with Crippen molar-refractivity contribution in [3.63, 3.8) is 0 Å². The number of rotatable bonds is 10. The van der Waals surface area contributed by atoms with Crippen LogP contribution < -0.4 is 9.47 Å². The van der Waals surface area contributed by atoms with E-state index in [1.54, 1.807) is 24.5 Å². The quantitative estimate of drug-likeness (QED) is 0.177. The summed E-state index contributed by atoms with van der Waals surface area (Å²) >= 11 is 1.02. The van der Waals surface area contributed by atoms with Crippen molar-refractivity contribution in [1.82, 2.24) is 9.97 Å². The summed E-state index contributed by atoms with van der Waals surface area (Å²) in [4.78, 5) is 21.3. The van der Waals surface area contributed by atoms with E-state index in [0.717, 1.165) is 23.0 Å². The molecule has 0 bridgehead atoms. The summed E-state index contributed by atoms with van der Waals surface area (Å²) in [7, 11) is 0. The molecule has 0 aliphatic rings. The molecule has 1 atom stereocenters. The lowest BCUT2D eigenvalue weighted by molar-refractivity contribution is -0.0692. The lowest BCUT2D eigenvalue weighted by Gasteiger charge is -2.18. The van der Waals surface area contributed by atoms with Gasteiger partial charge < -0.3 is 9.47 Å². The van der Waals surface area contributed by atoms with Crippen molar-refractivity contribution in [2.45, 2.75) is 25.6 Å². The number of alkyl halides is 4. The van der Waals surface area contributed by atoms with Crippen LogP contribution in [-0.4, -0.2) is 29.0 Å². The molecule has 0 amide bonds. The number of carbonyl (C=O) groups excluding carboxylic acids is 1. The van der Waals surface area contributed by atoms with Gasteiger partial charge in [0.1, 0.15) is 10.8 Å². The van der Waals surface area contributed by atoms with Gasteiger partial charge in [0.2, 0.25) is 5.78 Å². The molecule has 0 saturated carbocycles. The van der Waals surface area contributed by atoms with Crippen LogP contribution in [0.1, 0.15) is 37.3 Å². The first kappa shape index (κ1) is 25.2. The molecule has 11 heteroatoms. The third-order valence-electron chi connectivity index (χ3n) is 5.16. The van der Waals surface area contributed by atoms with Gasteiger partial charge in [-0.05, 0) is 53.9 Å². The fourth-order valence-electron chi connectivity index (χ4n) is 3.56. The average Bonchev–Trinajstić information content (AvgIpc) is 3.34. The Balaban J connectivity index is 1.74. The highest BCUT2D eigenvalue weighted by Gasteiger charge is 2.25. The summed E-state index contributed by atoms with van der Waals surface area (Å²) in [6.07, 6.45) is 4.78. The van der Waals surface area contributed by atoms with Crippen molar-refractivity contribution in [3.8, 4) is 11.5 Å². The molecule has 2 aromatic heterocycles. The molecular weight excluding hydrogens is 503 g/mol. The van der Waals surface area contributed by atoms with E-state index in [1.165, 1.54) is 42.6 Å². The van der Waals surface area contributed by atoms with Crippen LogP contribution in [0.15, 0.2) is 73.2 Å². The maximum atomic E-state index is 14.1. The van der Waals surface area contributed by atoms with Crippen molar-refractivity contribution < 1.29 is 36.2 Å². The van der Waals surface area contributed by atoms with Crippen LogP contribution in [0.3, 0.4) is 0 Å². The average molecular weight is 520 g/mol. The molecule has 0 N–H and O–H groups in total. The molecule has 36 heavy (non-hydrogen) atoms. The second-order valence-electron chi connectivity index (χ2n) is 7.45. The number of pyridine rings is 1. The zero-order valence-corrected chi connectivity index (χ0v) is 19.1. The van der Waals surface area contributed by atoms with Crippen molar-refractivity contribution in [1.29, 1.82) is 0 Å². The zero-order chi connectivity index (χ0) is 25.7. The Labute approximate surface area is 206 Å². The predicted molar refractivity (Wildman–Crippen MR) is 121 cm³/mol. The molecule has 5 nitrogen and oxygen atoms in total. The van der Waals surface area contributed by atoms with Crippen LogP contribution in [0.4, 0.5) is 22.0 Å². The molecule has 0 fully saturated rings. The zero-order valence-electron chi connectivity index (χ0n) is 18.3. The lowest BCUT2D eigenvalue weighted by atomic mass is 9.92. The topological polar surface area (TPSA) is 61.3 Å². The molecule has 0 saturated heterocycles. The number of hydrogen-bond acceptors (Lipinski definition) is 6. The number of ether oxygens (including phenoxy) is 2. The number of benzene rings is 2. The Morgan fingerprint density at radius 3 is 2.31 bits per heavy atom. The molecule has 0 aliphatic heterocycles. The molecule has 2 heterocycles. The van der Waals surface area contributed by atoms with E-state index in [4.69, 9.17) is 0 Å². The Morgan fingerprint density at radius 1 is 0.917 bits per heavy atom. The van der Waals surface area contributed by atoms with Gasteiger partial charge in [-0.1, -0.05) is 18.2 Å². The van der Waals surface area contributed by atoms with Gasteiger partial charge in [-0.3, -0.25) is 9.78 Å². The molecule has 0 radical (unpaired) electrons. The normalized spacial score (nSPS) is 12.1. The summed E-state index contributed by atoms with van der Waals surface area (Å²) in [6, 6.07) is 12.8. The maximum absolute atomic E-state index is 14.1. The van der Waals surface area contributed by atoms with Crippen LogP contribution in [0.5, 0.6) is 11.5 Å². The molecular formula is C25H17F5N2O3S. The third kappa shape index (κ3) is 6.03. The summed E-state index contributed by atoms with van der Waals surface area (Å²) in [5.41, 5.74) is 1.11. The van der Waals surface area contributed by atoms with E-state index in [-0.39, 0.29) is 10.4 Å². The SMILES string of the molecule is O=C(c1cnc(C(Cc2ccncc2)c2ccc(OC(F)F)c(OC(F)F)c2)s1)c1ccccc1F. The highest BCUT2D eigenvalue weighted by atomic mass is 32.1. The van der Waals surface area contributed by atoms with Crippen LogP contribution in [0.25, 0.3) is 0 Å². The molecule has 186 valence electrons.